The lowest BCUT2D eigenvalue weighted by Crippen LogP contribution is -2.36. The Hall–Kier alpha value is -0.640. The topological polar surface area (TPSA) is 29.5 Å². The van der Waals surface area contributed by atoms with Crippen LogP contribution in [0.3, 0.4) is 0 Å². The predicted molar refractivity (Wildman–Crippen MR) is 42.6 cm³/mol. The Morgan fingerprint density at radius 3 is 2.92 bits per heavy atom. The van der Waals surface area contributed by atoms with E-state index in [0.29, 0.717) is 13.1 Å². The van der Waals surface area contributed by atoms with E-state index in [0.717, 1.165) is 0 Å². The molecule has 0 amide bonds. The number of likely N-dealkylation sites (tertiary alicyclic amines) is 1. The zero-order chi connectivity index (χ0) is 9.14. The second-order valence-corrected chi connectivity index (χ2v) is 2.96. The summed E-state index contributed by atoms with van der Waals surface area (Å²) in [5.74, 6) is -0.322. The molecule has 1 saturated heterocycles. The van der Waals surface area contributed by atoms with Gasteiger partial charge in [0.1, 0.15) is 12.2 Å². The number of halogens is 1. The maximum Gasteiger partial charge on any atom is 0.323 e. The number of methoxy groups -OCH3 is 1. The molecule has 4 heteroatoms. The van der Waals surface area contributed by atoms with Gasteiger partial charge in [-0.3, -0.25) is 9.69 Å². The van der Waals surface area contributed by atoms with Crippen molar-refractivity contribution < 1.29 is 13.9 Å². The monoisotopic (exact) mass is 175 g/mol. The van der Waals surface area contributed by atoms with Crippen LogP contribution in [-0.4, -0.2) is 43.3 Å². The Balaban J connectivity index is 2.57. The number of nitrogens with zero attached hydrogens (tertiary/aromatic N) is 1. The third-order valence-corrected chi connectivity index (χ3v) is 2.23. The van der Waals surface area contributed by atoms with E-state index in [1.807, 2.05) is 6.92 Å². The van der Waals surface area contributed by atoms with E-state index < -0.39 is 6.17 Å². The van der Waals surface area contributed by atoms with Gasteiger partial charge in [-0.2, -0.15) is 0 Å². The molecule has 0 bridgehead atoms. The van der Waals surface area contributed by atoms with Crippen molar-refractivity contribution in [2.75, 3.05) is 20.2 Å². The van der Waals surface area contributed by atoms with Crippen LogP contribution >= 0.6 is 0 Å². The highest BCUT2D eigenvalue weighted by Crippen LogP contribution is 2.20. The van der Waals surface area contributed by atoms with Crippen LogP contribution in [0.5, 0.6) is 0 Å². The quantitative estimate of drug-likeness (QED) is 0.575. The first-order chi connectivity index (χ1) is 5.69. The highest BCUT2D eigenvalue weighted by atomic mass is 19.1. The Kier molecular flexibility index (Phi) is 3.03. The molecule has 1 aliphatic rings. The molecule has 70 valence electrons. The van der Waals surface area contributed by atoms with Crippen molar-refractivity contribution in [2.45, 2.75) is 25.6 Å². The minimum atomic E-state index is -0.881. The number of carbonyl (C=O) groups excluding carboxylic acids is 1. The van der Waals surface area contributed by atoms with E-state index in [1.54, 1.807) is 4.90 Å². The fourth-order valence-electron chi connectivity index (χ4n) is 1.58. The van der Waals surface area contributed by atoms with Crippen molar-refractivity contribution in [3.8, 4) is 0 Å². The van der Waals surface area contributed by atoms with Gasteiger partial charge in [0.05, 0.1) is 7.11 Å². The molecular formula is C8H14FNO2. The van der Waals surface area contributed by atoms with Gasteiger partial charge >= 0.3 is 5.97 Å². The van der Waals surface area contributed by atoms with Crippen molar-refractivity contribution in [3.05, 3.63) is 0 Å². The molecule has 1 fully saturated rings. The molecular weight excluding hydrogens is 161 g/mol. The maximum atomic E-state index is 12.9. The fourth-order valence-corrected chi connectivity index (χ4v) is 1.58. The first-order valence-corrected chi connectivity index (χ1v) is 4.15. The van der Waals surface area contributed by atoms with Gasteiger partial charge in [-0.1, -0.05) is 6.92 Å². The first-order valence-electron chi connectivity index (χ1n) is 4.15. The summed E-state index contributed by atoms with van der Waals surface area (Å²) in [7, 11) is 1.34. The summed E-state index contributed by atoms with van der Waals surface area (Å²) < 4.78 is 17.4. The zero-order valence-corrected chi connectivity index (χ0v) is 7.42. The number of alkyl halides is 1. The van der Waals surface area contributed by atoms with Crippen molar-refractivity contribution in [1.29, 1.82) is 0 Å². The number of likely N-dealkylation sites (N-methyl/N-ethyl adjacent to an activating group) is 1. The van der Waals surface area contributed by atoms with Gasteiger partial charge < -0.3 is 4.74 Å². The molecule has 0 unspecified atom stereocenters. The Labute approximate surface area is 71.5 Å². The molecule has 1 aliphatic heterocycles. The molecule has 0 radical (unpaired) electrons. The molecule has 0 aromatic carbocycles. The van der Waals surface area contributed by atoms with E-state index in [-0.39, 0.29) is 18.4 Å². The van der Waals surface area contributed by atoms with Gasteiger partial charge in [0.25, 0.3) is 0 Å². The first kappa shape index (κ1) is 9.45. The molecule has 1 heterocycles. The van der Waals surface area contributed by atoms with Crippen LogP contribution in [0, 0.1) is 0 Å². The highest BCUT2D eigenvalue weighted by molar-refractivity contribution is 5.76. The van der Waals surface area contributed by atoms with Gasteiger partial charge in [-0.25, -0.2) is 4.39 Å². The average Bonchev–Trinajstić information content (AvgIpc) is 2.45. The lowest BCUT2D eigenvalue weighted by Gasteiger charge is -2.19. The molecule has 0 aromatic rings. The largest absolute Gasteiger partial charge is 0.468 e. The lowest BCUT2D eigenvalue weighted by atomic mass is 10.2. The van der Waals surface area contributed by atoms with Gasteiger partial charge in [0, 0.05) is 13.0 Å². The second-order valence-electron chi connectivity index (χ2n) is 2.96. The SMILES string of the molecule is CCN1C[C@@H](F)C[C@H]1C(=O)OC. The van der Waals surface area contributed by atoms with Crippen molar-refractivity contribution in [2.24, 2.45) is 0 Å². The molecule has 0 aromatic heterocycles. The number of carbonyl (C=O) groups is 1. The minimum absolute atomic E-state index is 0.278. The van der Waals surface area contributed by atoms with E-state index in [9.17, 15) is 9.18 Å². The Morgan fingerprint density at radius 2 is 2.42 bits per heavy atom. The molecule has 0 spiro atoms. The third kappa shape index (κ3) is 1.75. The van der Waals surface area contributed by atoms with E-state index in [2.05, 4.69) is 4.74 Å². The summed E-state index contributed by atoms with van der Waals surface area (Å²) in [4.78, 5) is 12.9. The maximum absolute atomic E-state index is 12.9. The standard InChI is InChI=1S/C8H14FNO2/c1-3-10-5-6(9)4-7(10)8(11)12-2/h6-7H,3-5H2,1-2H3/t6-,7-/m0/s1. The molecule has 0 saturated carbocycles. The normalized spacial score (nSPS) is 30.6. The summed E-state index contributed by atoms with van der Waals surface area (Å²) >= 11 is 0. The van der Waals surface area contributed by atoms with Crippen LogP contribution < -0.4 is 0 Å². The van der Waals surface area contributed by atoms with E-state index >= 15 is 0 Å². The minimum Gasteiger partial charge on any atom is -0.468 e. The van der Waals surface area contributed by atoms with Crippen LogP contribution in [-0.2, 0) is 9.53 Å². The molecule has 0 N–H and O–H groups in total. The van der Waals surface area contributed by atoms with Crippen molar-refractivity contribution >= 4 is 5.97 Å². The van der Waals surface area contributed by atoms with Crippen LogP contribution in [0.1, 0.15) is 13.3 Å². The van der Waals surface area contributed by atoms with Gasteiger partial charge in [0.2, 0.25) is 0 Å². The summed E-state index contributed by atoms with van der Waals surface area (Å²) in [6.45, 7) is 2.96. The van der Waals surface area contributed by atoms with Crippen LogP contribution in [0.25, 0.3) is 0 Å². The fraction of sp³-hybridized carbons (Fsp3) is 0.875. The van der Waals surface area contributed by atoms with Gasteiger partial charge in [0.15, 0.2) is 0 Å². The summed E-state index contributed by atoms with van der Waals surface area (Å²) in [5.41, 5.74) is 0. The summed E-state index contributed by atoms with van der Waals surface area (Å²) in [5, 5.41) is 0. The number of rotatable bonds is 2. The smallest absolute Gasteiger partial charge is 0.323 e. The van der Waals surface area contributed by atoms with E-state index in [4.69, 9.17) is 0 Å². The Bertz CT molecular complexity index is 174. The van der Waals surface area contributed by atoms with Crippen LogP contribution in [0.15, 0.2) is 0 Å². The Morgan fingerprint density at radius 1 is 1.75 bits per heavy atom. The lowest BCUT2D eigenvalue weighted by molar-refractivity contribution is -0.145. The summed E-state index contributed by atoms with van der Waals surface area (Å²) in [6.07, 6.45) is -0.602. The van der Waals surface area contributed by atoms with Crippen LogP contribution in [0.4, 0.5) is 4.39 Å². The third-order valence-electron chi connectivity index (χ3n) is 2.23. The number of hydrogen-bond acceptors (Lipinski definition) is 3. The summed E-state index contributed by atoms with van der Waals surface area (Å²) in [6, 6.07) is -0.366. The average molecular weight is 175 g/mol. The molecule has 1 rings (SSSR count). The number of esters is 1. The predicted octanol–water partition coefficient (Wildman–Crippen LogP) is 0.592. The molecule has 12 heavy (non-hydrogen) atoms. The molecule has 3 nitrogen and oxygen atoms in total. The van der Waals surface area contributed by atoms with Gasteiger partial charge in [-0.05, 0) is 6.54 Å². The highest BCUT2D eigenvalue weighted by Gasteiger charge is 2.36. The zero-order valence-electron chi connectivity index (χ0n) is 7.42. The van der Waals surface area contributed by atoms with Crippen LogP contribution in [0.2, 0.25) is 0 Å². The molecule has 2 atom stereocenters. The number of hydrogen-bond donors (Lipinski definition) is 0. The van der Waals surface area contributed by atoms with Crippen molar-refractivity contribution in [3.63, 3.8) is 0 Å². The number of ether oxygens (including phenoxy) is 1. The molecule has 0 aliphatic carbocycles. The van der Waals surface area contributed by atoms with Crippen molar-refractivity contribution in [1.82, 2.24) is 4.90 Å². The van der Waals surface area contributed by atoms with Gasteiger partial charge in [-0.15, -0.1) is 0 Å². The van der Waals surface area contributed by atoms with E-state index in [1.165, 1.54) is 7.11 Å². The second kappa shape index (κ2) is 3.85.